The summed E-state index contributed by atoms with van der Waals surface area (Å²) in [6, 6.07) is 21.1. The molecule has 0 amide bonds. The molecule has 2 aromatic carbocycles. The Morgan fingerprint density at radius 1 is 1.05 bits per heavy atom. The third kappa shape index (κ3) is 3.63. The highest BCUT2D eigenvalue weighted by Gasteiger charge is 2.67. The van der Waals surface area contributed by atoms with Gasteiger partial charge in [0, 0.05) is 17.6 Å². The number of aromatic nitrogens is 4. The van der Waals surface area contributed by atoms with E-state index in [-0.39, 0.29) is 22.5 Å². The lowest BCUT2D eigenvalue weighted by atomic mass is 10.0. The Morgan fingerprint density at radius 3 is 2.32 bits per heavy atom. The lowest BCUT2D eigenvalue weighted by Gasteiger charge is -2.44. The van der Waals surface area contributed by atoms with Gasteiger partial charge >= 0.3 is 0 Å². The van der Waals surface area contributed by atoms with Gasteiger partial charge in [0.25, 0.3) is 8.32 Å². The summed E-state index contributed by atoms with van der Waals surface area (Å²) in [7, 11) is -2.71. The van der Waals surface area contributed by atoms with Crippen LogP contribution in [0.15, 0.2) is 78.4 Å². The molecule has 2 aliphatic carbocycles. The summed E-state index contributed by atoms with van der Waals surface area (Å²) < 4.78 is 9.41. The summed E-state index contributed by atoms with van der Waals surface area (Å²) in [5.74, 6) is 0.757. The summed E-state index contributed by atoms with van der Waals surface area (Å²) in [6.45, 7) is 7.36. The van der Waals surface area contributed by atoms with Crippen molar-refractivity contribution in [3.05, 3.63) is 83.8 Å². The minimum Gasteiger partial charge on any atom is -0.407 e. The maximum atomic E-state index is 9.45. The third-order valence-electron chi connectivity index (χ3n) is 8.63. The fourth-order valence-corrected chi connectivity index (χ4v) is 11.4. The number of hydrogen-bond acceptors (Lipinski definition) is 6. The maximum Gasteiger partial charge on any atom is 0.261 e. The van der Waals surface area contributed by atoms with Crippen molar-refractivity contribution in [3.8, 4) is 0 Å². The summed E-state index contributed by atoms with van der Waals surface area (Å²) in [5.41, 5.74) is 16.7. The van der Waals surface area contributed by atoms with Crippen molar-refractivity contribution >= 4 is 35.7 Å². The van der Waals surface area contributed by atoms with Crippen molar-refractivity contribution in [2.24, 2.45) is 17.0 Å². The van der Waals surface area contributed by atoms with E-state index in [9.17, 15) is 5.53 Å². The van der Waals surface area contributed by atoms with Crippen LogP contribution in [0.5, 0.6) is 0 Å². The molecule has 2 heterocycles. The smallest absolute Gasteiger partial charge is 0.261 e. The molecule has 10 heteroatoms. The van der Waals surface area contributed by atoms with Gasteiger partial charge in [-0.2, -0.15) is 0 Å². The van der Waals surface area contributed by atoms with Crippen LogP contribution < -0.4 is 16.1 Å². The van der Waals surface area contributed by atoms with E-state index in [1.165, 1.54) is 16.7 Å². The van der Waals surface area contributed by atoms with Gasteiger partial charge in [-0.3, -0.25) is 0 Å². The fourth-order valence-electron chi connectivity index (χ4n) is 6.85. The van der Waals surface area contributed by atoms with Gasteiger partial charge in [-0.1, -0.05) is 86.5 Å². The van der Waals surface area contributed by atoms with E-state index in [1.807, 2.05) is 6.33 Å². The zero-order valence-electron chi connectivity index (χ0n) is 21.9. The average Bonchev–Trinajstić information content (AvgIpc) is 3.29. The first-order valence-electron chi connectivity index (χ1n) is 13.0. The second-order valence-corrected chi connectivity index (χ2v) is 15.9. The van der Waals surface area contributed by atoms with Crippen molar-refractivity contribution < 1.29 is 4.43 Å². The molecule has 2 aromatic heterocycles. The molecule has 2 aliphatic rings. The van der Waals surface area contributed by atoms with E-state index >= 15 is 0 Å². The molecule has 0 saturated heterocycles. The van der Waals surface area contributed by atoms with E-state index in [1.54, 1.807) is 0 Å². The van der Waals surface area contributed by atoms with E-state index < -0.39 is 8.32 Å². The van der Waals surface area contributed by atoms with Crippen LogP contribution in [-0.4, -0.2) is 40.5 Å². The lowest BCUT2D eigenvalue weighted by Crippen LogP contribution is -2.67. The van der Waals surface area contributed by atoms with Gasteiger partial charge in [-0.05, 0) is 45.6 Å². The summed E-state index contributed by atoms with van der Waals surface area (Å²) >= 11 is 0. The Bertz CT molecular complexity index is 1470. The summed E-state index contributed by atoms with van der Waals surface area (Å²) in [6.07, 6.45) is 4.99. The van der Waals surface area contributed by atoms with Gasteiger partial charge in [0.2, 0.25) is 0 Å². The van der Waals surface area contributed by atoms with Crippen LogP contribution in [-0.2, 0) is 9.96 Å². The third-order valence-corrected chi connectivity index (χ3v) is 13.6. The number of azide groups is 1. The van der Waals surface area contributed by atoms with Gasteiger partial charge in [0.1, 0.15) is 11.8 Å². The van der Waals surface area contributed by atoms with Crippen LogP contribution in [0, 0.1) is 11.8 Å². The highest BCUT2D eigenvalue weighted by atomic mass is 28.4. The molecule has 2 fully saturated rings. The summed E-state index contributed by atoms with van der Waals surface area (Å²) in [4.78, 5) is 16.3. The molecule has 38 heavy (non-hydrogen) atoms. The molecule has 0 spiro atoms. The van der Waals surface area contributed by atoms with Crippen molar-refractivity contribution in [1.82, 2.24) is 19.5 Å². The second-order valence-electron chi connectivity index (χ2n) is 11.6. The maximum absolute atomic E-state index is 9.45. The van der Waals surface area contributed by atoms with Crippen LogP contribution >= 0.6 is 0 Å². The highest BCUT2D eigenvalue weighted by Crippen LogP contribution is 2.65. The van der Waals surface area contributed by atoms with E-state index in [0.717, 1.165) is 18.5 Å². The topological polar surface area (TPSA) is 128 Å². The first-order valence-corrected chi connectivity index (χ1v) is 15.0. The number of anilines is 1. The van der Waals surface area contributed by atoms with Gasteiger partial charge in [0.05, 0.1) is 11.9 Å². The molecule has 9 nitrogen and oxygen atoms in total. The first-order chi connectivity index (χ1) is 18.3. The van der Waals surface area contributed by atoms with Gasteiger partial charge in [-0.15, -0.1) is 0 Å². The van der Waals surface area contributed by atoms with Crippen molar-refractivity contribution in [1.29, 1.82) is 0 Å². The van der Waals surface area contributed by atoms with Crippen LogP contribution in [0.25, 0.3) is 21.6 Å². The van der Waals surface area contributed by atoms with Crippen molar-refractivity contribution in [3.63, 3.8) is 0 Å². The zero-order valence-corrected chi connectivity index (χ0v) is 22.9. The largest absolute Gasteiger partial charge is 0.407 e. The Kier molecular flexibility index (Phi) is 5.79. The van der Waals surface area contributed by atoms with Crippen molar-refractivity contribution in [2.45, 2.75) is 50.2 Å². The van der Waals surface area contributed by atoms with Crippen LogP contribution in [0.3, 0.4) is 0 Å². The Labute approximate surface area is 222 Å². The van der Waals surface area contributed by atoms with Gasteiger partial charge in [0.15, 0.2) is 11.5 Å². The molecule has 2 N–H and O–H groups in total. The molecule has 0 radical (unpaired) electrons. The van der Waals surface area contributed by atoms with E-state index in [0.29, 0.717) is 23.9 Å². The molecule has 4 atom stereocenters. The minimum atomic E-state index is -2.71. The molecule has 194 valence electrons. The normalized spacial score (nSPS) is 24.7. The first kappa shape index (κ1) is 24.6. The van der Waals surface area contributed by atoms with Crippen molar-refractivity contribution in [2.75, 3.05) is 12.3 Å². The number of nitrogens with two attached hydrogens (primary N) is 1. The Morgan fingerprint density at radius 2 is 1.71 bits per heavy atom. The molecule has 4 aromatic rings. The number of fused-ring (bicyclic) bond motifs is 2. The quantitative estimate of drug-likeness (QED) is 0.166. The minimum absolute atomic E-state index is 0.0872. The van der Waals surface area contributed by atoms with E-state index in [4.69, 9.17) is 10.2 Å². The SMILES string of the molecule is CC(C)(C)[Si](OC[C@@H]1[C@@H](N=[N+]=[N-])C[C@@]2(n3cnc4c(N)ncnc43)C[C@@H]12)(c1ccccc1)c1ccccc1. The number of imidazole rings is 1. The predicted molar refractivity (Wildman–Crippen MR) is 150 cm³/mol. The number of nitrogen functional groups attached to an aromatic ring is 1. The number of benzene rings is 2. The van der Waals surface area contributed by atoms with Crippen LogP contribution in [0.1, 0.15) is 33.6 Å². The Balaban J connectivity index is 1.38. The molecule has 0 unspecified atom stereocenters. The number of rotatable bonds is 7. The highest BCUT2D eigenvalue weighted by molar-refractivity contribution is 6.99. The second kappa shape index (κ2) is 8.94. The molecular weight excluding hydrogens is 492 g/mol. The zero-order chi connectivity index (χ0) is 26.5. The Hall–Kier alpha value is -3.72. The number of hydrogen-bond donors (Lipinski definition) is 1. The molecule has 0 bridgehead atoms. The van der Waals surface area contributed by atoms with Gasteiger partial charge in [-0.25, -0.2) is 15.0 Å². The molecule has 6 rings (SSSR count). The molecule has 0 aliphatic heterocycles. The van der Waals surface area contributed by atoms with Crippen LogP contribution in [0.4, 0.5) is 5.82 Å². The van der Waals surface area contributed by atoms with Gasteiger partial charge < -0.3 is 14.7 Å². The lowest BCUT2D eigenvalue weighted by molar-refractivity contribution is 0.209. The molecule has 2 saturated carbocycles. The van der Waals surface area contributed by atoms with E-state index in [2.05, 4.69) is 111 Å². The average molecular weight is 525 g/mol. The van der Waals surface area contributed by atoms with Crippen LogP contribution in [0.2, 0.25) is 5.04 Å². The summed E-state index contributed by atoms with van der Waals surface area (Å²) in [5, 5.41) is 6.63. The molecular formula is C28H32N8OSi. The number of nitrogens with zero attached hydrogens (tertiary/aromatic N) is 7. The monoisotopic (exact) mass is 524 g/mol. The standard InChI is InChI=1S/C28H32N8OSi/c1-27(2,3)38(19-10-6-4-7-11-19,20-12-8-5-9-13-20)37-16-21-22-14-28(22,15-23(21)34-35-30)36-18-33-24-25(29)31-17-32-26(24)36/h4-13,17-18,21-23H,14-16H2,1-3H3,(H2,29,31,32)/t21-,22-,23-,28-/m0/s1. The predicted octanol–water partition coefficient (Wildman–Crippen LogP) is 4.40. The fraction of sp³-hybridized carbons (Fsp3) is 0.393.